The van der Waals surface area contributed by atoms with Crippen molar-refractivity contribution in [1.29, 1.82) is 0 Å². The summed E-state index contributed by atoms with van der Waals surface area (Å²) in [5.41, 5.74) is 6.45. The summed E-state index contributed by atoms with van der Waals surface area (Å²) in [7, 11) is 1.33. The third-order valence-corrected chi connectivity index (χ3v) is 3.79. The number of pyridine rings is 1. The van der Waals surface area contributed by atoms with Gasteiger partial charge in [-0.3, -0.25) is 0 Å². The van der Waals surface area contributed by atoms with Crippen molar-refractivity contribution < 1.29 is 9.53 Å². The summed E-state index contributed by atoms with van der Waals surface area (Å²) < 4.78 is 5.70. The van der Waals surface area contributed by atoms with Gasteiger partial charge in [0.05, 0.1) is 24.6 Å². The van der Waals surface area contributed by atoms with E-state index in [2.05, 4.69) is 20.9 Å². The molecule has 0 saturated carbocycles. The number of carbonyl (C=O) groups is 1. The molecular formula is C13H11BrN2O2S. The molecule has 6 heteroatoms. The van der Waals surface area contributed by atoms with E-state index in [9.17, 15) is 4.79 Å². The summed E-state index contributed by atoms with van der Waals surface area (Å²) in [6, 6.07) is 9.31. The van der Waals surface area contributed by atoms with Gasteiger partial charge in [0.15, 0.2) is 0 Å². The molecule has 0 aliphatic rings. The van der Waals surface area contributed by atoms with Gasteiger partial charge in [0.1, 0.15) is 5.03 Å². The molecule has 1 aromatic heterocycles. The number of esters is 1. The van der Waals surface area contributed by atoms with Crippen LogP contribution in [0.1, 0.15) is 10.4 Å². The largest absolute Gasteiger partial charge is 0.465 e. The fourth-order valence-electron chi connectivity index (χ4n) is 1.45. The van der Waals surface area contributed by atoms with Crippen LogP contribution in [-0.2, 0) is 4.74 Å². The fraction of sp³-hybridized carbons (Fsp3) is 0.0769. The maximum atomic E-state index is 11.7. The smallest absolute Gasteiger partial charge is 0.340 e. The highest BCUT2D eigenvalue weighted by Gasteiger charge is 2.15. The van der Waals surface area contributed by atoms with E-state index in [1.54, 1.807) is 6.07 Å². The number of nitrogens with zero attached hydrogens (tertiary/aromatic N) is 1. The normalized spacial score (nSPS) is 10.2. The molecule has 1 aromatic carbocycles. The average Bonchev–Trinajstić information content (AvgIpc) is 2.40. The molecule has 2 aromatic rings. The van der Waals surface area contributed by atoms with Crippen LogP contribution in [0.3, 0.4) is 0 Å². The molecule has 19 heavy (non-hydrogen) atoms. The van der Waals surface area contributed by atoms with Crippen molar-refractivity contribution in [2.45, 2.75) is 9.92 Å². The number of ether oxygens (including phenoxy) is 1. The zero-order chi connectivity index (χ0) is 13.8. The predicted octanol–water partition coefficient (Wildman–Crippen LogP) is 3.36. The van der Waals surface area contributed by atoms with Gasteiger partial charge >= 0.3 is 5.97 Å². The highest BCUT2D eigenvalue weighted by molar-refractivity contribution is 9.10. The van der Waals surface area contributed by atoms with Crippen LogP contribution in [0, 0.1) is 0 Å². The molecule has 4 nitrogen and oxygen atoms in total. The van der Waals surface area contributed by atoms with E-state index < -0.39 is 5.97 Å². The molecule has 0 saturated heterocycles. The van der Waals surface area contributed by atoms with Crippen LogP contribution >= 0.6 is 27.7 Å². The first-order valence-corrected chi connectivity index (χ1v) is 6.98. The van der Waals surface area contributed by atoms with Crippen molar-refractivity contribution in [3.05, 3.63) is 46.6 Å². The molecule has 0 radical (unpaired) electrons. The van der Waals surface area contributed by atoms with E-state index in [1.807, 2.05) is 24.3 Å². The number of hydrogen-bond donors (Lipinski definition) is 1. The van der Waals surface area contributed by atoms with E-state index in [1.165, 1.54) is 25.1 Å². The van der Waals surface area contributed by atoms with Crippen molar-refractivity contribution in [1.82, 2.24) is 4.98 Å². The minimum absolute atomic E-state index is 0.368. The van der Waals surface area contributed by atoms with E-state index in [-0.39, 0.29) is 0 Å². The summed E-state index contributed by atoms with van der Waals surface area (Å²) in [5.74, 6) is -0.447. The quantitative estimate of drug-likeness (QED) is 0.869. The number of nitrogens with two attached hydrogens (primary N) is 1. The number of methoxy groups -OCH3 is 1. The Bertz CT molecular complexity index is 619. The first-order valence-electron chi connectivity index (χ1n) is 5.37. The van der Waals surface area contributed by atoms with Crippen molar-refractivity contribution in [2.75, 3.05) is 12.8 Å². The molecule has 0 amide bonds. The second kappa shape index (κ2) is 6.08. The van der Waals surface area contributed by atoms with Crippen LogP contribution in [0.5, 0.6) is 0 Å². The summed E-state index contributed by atoms with van der Waals surface area (Å²) in [6.07, 6.45) is 1.52. The minimum Gasteiger partial charge on any atom is -0.465 e. The number of carbonyl (C=O) groups excluding carboxylic acids is 1. The van der Waals surface area contributed by atoms with Crippen LogP contribution in [0.25, 0.3) is 0 Å². The zero-order valence-electron chi connectivity index (χ0n) is 10.1. The SMILES string of the molecule is COC(=O)c1cc(N)cnc1Sc1cccc(Br)c1. The van der Waals surface area contributed by atoms with Gasteiger partial charge in [-0.15, -0.1) is 0 Å². The second-order valence-electron chi connectivity index (χ2n) is 3.67. The van der Waals surface area contributed by atoms with E-state index >= 15 is 0 Å². The third kappa shape index (κ3) is 3.48. The van der Waals surface area contributed by atoms with Crippen LogP contribution < -0.4 is 5.73 Å². The molecule has 0 spiro atoms. The van der Waals surface area contributed by atoms with Gasteiger partial charge in [-0.25, -0.2) is 9.78 Å². The van der Waals surface area contributed by atoms with Crippen molar-refractivity contribution in [2.24, 2.45) is 0 Å². The number of nitrogen functional groups attached to an aromatic ring is 1. The van der Waals surface area contributed by atoms with Crippen LogP contribution in [0.4, 0.5) is 5.69 Å². The predicted molar refractivity (Wildman–Crippen MR) is 78.3 cm³/mol. The Morgan fingerprint density at radius 2 is 2.21 bits per heavy atom. The number of aromatic nitrogens is 1. The van der Waals surface area contributed by atoms with Crippen molar-refractivity contribution in [3.63, 3.8) is 0 Å². The number of benzene rings is 1. The lowest BCUT2D eigenvalue weighted by Gasteiger charge is -2.07. The van der Waals surface area contributed by atoms with Crippen LogP contribution in [0.15, 0.2) is 50.9 Å². The van der Waals surface area contributed by atoms with Gasteiger partial charge < -0.3 is 10.5 Å². The highest BCUT2D eigenvalue weighted by atomic mass is 79.9. The Morgan fingerprint density at radius 3 is 2.89 bits per heavy atom. The van der Waals surface area contributed by atoms with Gasteiger partial charge in [0.2, 0.25) is 0 Å². The van der Waals surface area contributed by atoms with Gasteiger partial charge in [-0.2, -0.15) is 0 Å². The second-order valence-corrected chi connectivity index (χ2v) is 5.65. The Kier molecular flexibility index (Phi) is 4.44. The number of halogens is 1. The Hall–Kier alpha value is -1.53. The summed E-state index contributed by atoms with van der Waals surface area (Å²) in [6.45, 7) is 0. The number of rotatable bonds is 3. The molecule has 1 heterocycles. The van der Waals surface area contributed by atoms with E-state index in [4.69, 9.17) is 10.5 Å². The topological polar surface area (TPSA) is 65.2 Å². The van der Waals surface area contributed by atoms with Crippen LogP contribution in [-0.4, -0.2) is 18.1 Å². The molecule has 0 fully saturated rings. The minimum atomic E-state index is -0.447. The first-order chi connectivity index (χ1) is 9.10. The van der Waals surface area contributed by atoms with Gasteiger partial charge in [0.25, 0.3) is 0 Å². The lowest BCUT2D eigenvalue weighted by molar-refractivity contribution is 0.0596. The van der Waals surface area contributed by atoms with Crippen molar-refractivity contribution in [3.8, 4) is 0 Å². The fourth-order valence-corrected chi connectivity index (χ4v) is 2.91. The molecule has 2 rings (SSSR count). The summed E-state index contributed by atoms with van der Waals surface area (Å²) in [5, 5.41) is 0.569. The van der Waals surface area contributed by atoms with Crippen LogP contribution in [0.2, 0.25) is 0 Å². The molecule has 0 aliphatic heterocycles. The van der Waals surface area contributed by atoms with E-state index in [0.29, 0.717) is 16.3 Å². The third-order valence-electron chi connectivity index (χ3n) is 2.29. The Morgan fingerprint density at radius 1 is 1.42 bits per heavy atom. The lowest BCUT2D eigenvalue weighted by Crippen LogP contribution is -2.05. The maximum Gasteiger partial charge on any atom is 0.340 e. The van der Waals surface area contributed by atoms with Crippen molar-refractivity contribution >= 4 is 39.3 Å². The molecule has 0 aliphatic carbocycles. The zero-order valence-corrected chi connectivity index (χ0v) is 12.5. The molecule has 2 N–H and O–H groups in total. The summed E-state index contributed by atoms with van der Waals surface area (Å²) >= 11 is 4.79. The molecular weight excluding hydrogens is 328 g/mol. The molecule has 0 atom stereocenters. The molecule has 0 bridgehead atoms. The first kappa shape index (κ1) is 13.9. The number of hydrogen-bond acceptors (Lipinski definition) is 5. The van der Waals surface area contributed by atoms with Gasteiger partial charge in [0, 0.05) is 9.37 Å². The maximum absolute atomic E-state index is 11.7. The van der Waals surface area contributed by atoms with E-state index in [0.717, 1.165) is 9.37 Å². The average molecular weight is 339 g/mol. The number of anilines is 1. The monoisotopic (exact) mass is 338 g/mol. The Labute approximate surface area is 123 Å². The summed E-state index contributed by atoms with van der Waals surface area (Å²) in [4.78, 5) is 16.9. The van der Waals surface area contributed by atoms with Gasteiger partial charge in [-0.1, -0.05) is 33.8 Å². The van der Waals surface area contributed by atoms with Gasteiger partial charge in [-0.05, 0) is 24.3 Å². The molecule has 98 valence electrons. The lowest BCUT2D eigenvalue weighted by atomic mass is 10.3. The Balaban J connectivity index is 2.37. The highest BCUT2D eigenvalue weighted by Crippen LogP contribution is 2.31. The standard InChI is InChI=1S/C13H11BrN2O2S/c1-18-13(17)11-6-9(15)7-16-12(11)19-10-4-2-3-8(14)5-10/h2-7H,15H2,1H3. The molecule has 0 unspecified atom stereocenters.